The number of carbonyl (C=O) groups excluding carboxylic acids is 1. The number of aromatic nitrogens is 2. The molecule has 0 fully saturated rings. The van der Waals surface area contributed by atoms with Crippen molar-refractivity contribution in [2.75, 3.05) is 12.4 Å². The number of ether oxygens (including phenoxy) is 1. The van der Waals surface area contributed by atoms with Crippen LogP contribution < -0.4 is 10.1 Å². The van der Waals surface area contributed by atoms with Crippen molar-refractivity contribution in [1.29, 1.82) is 0 Å². The van der Waals surface area contributed by atoms with E-state index in [0.717, 1.165) is 5.56 Å². The number of anilines is 1. The first kappa shape index (κ1) is 17.2. The van der Waals surface area contributed by atoms with Crippen LogP contribution in [-0.2, 0) is 6.42 Å². The maximum absolute atomic E-state index is 12.7. The predicted molar refractivity (Wildman–Crippen MR) is 96.9 cm³/mol. The number of para-hydroxylation sites is 1. The summed E-state index contributed by atoms with van der Waals surface area (Å²) in [5.41, 5.74) is 2.07. The molecule has 0 saturated carbocycles. The van der Waals surface area contributed by atoms with Gasteiger partial charge in [0.05, 0.1) is 19.1 Å². The van der Waals surface area contributed by atoms with Gasteiger partial charge in [-0.15, -0.1) is 0 Å². The largest absolute Gasteiger partial charge is 0.497 e. The molecule has 1 N–H and O–H groups in total. The molecule has 0 saturated heterocycles. The van der Waals surface area contributed by atoms with Crippen molar-refractivity contribution in [2.24, 2.45) is 0 Å². The van der Waals surface area contributed by atoms with Crippen LogP contribution in [0.5, 0.6) is 5.75 Å². The number of aryl methyl sites for hydroxylation is 1. The number of halogens is 1. The molecule has 3 rings (SSSR count). The monoisotopic (exact) mass is 401 g/mol. The zero-order valence-electron chi connectivity index (χ0n) is 13.7. The number of methoxy groups -OCH3 is 1. The van der Waals surface area contributed by atoms with Crippen LogP contribution in [0.4, 0.5) is 5.69 Å². The van der Waals surface area contributed by atoms with Crippen LogP contribution in [0, 0.1) is 6.92 Å². The highest BCUT2D eigenvalue weighted by atomic mass is 79.9. The van der Waals surface area contributed by atoms with Crippen LogP contribution in [0.25, 0.3) is 0 Å². The summed E-state index contributed by atoms with van der Waals surface area (Å²) in [5.74, 6) is 1.46. The van der Waals surface area contributed by atoms with Crippen LogP contribution in [0.1, 0.15) is 27.6 Å². The molecule has 0 aliphatic carbocycles. The van der Waals surface area contributed by atoms with Crippen LogP contribution in [-0.4, -0.2) is 23.2 Å². The van der Waals surface area contributed by atoms with Gasteiger partial charge < -0.3 is 14.6 Å². The van der Waals surface area contributed by atoms with Crippen LogP contribution in [0.15, 0.2) is 51.5 Å². The SMILES string of the molecule is COc1ccc(Br)c(C(=O)Nc2ccccc2Cc2nc(C)no2)c1. The molecule has 128 valence electrons. The molecule has 1 amide bonds. The summed E-state index contributed by atoms with van der Waals surface area (Å²) < 4.78 is 11.0. The number of nitrogens with zero attached hydrogens (tertiary/aromatic N) is 2. The van der Waals surface area contributed by atoms with E-state index >= 15 is 0 Å². The zero-order valence-corrected chi connectivity index (χ0v) is 15.3. The first-order chi connectivity index (χ1) is 12.1. The van der Waals surface area contributed by atoms with Gasteiger partial charge in [0.1, 0.15) is 5.75 Å². The Hall–Kier alpha value is -2.67. The van der Waals surface area contributed by atoms with Crippen LogP contribution in [0.2, 0.25) is 0 Å². The second kappa shape index (κ2) is 7.48. The van der Waals surface area contributed by atoms with E-state index in [0.29, 0.717) is 39.6 Å². The van der Waals surface area contributed by atoms with E-state index in [4.69, 9.17) is 9.26 Å². The normalized spacial score (nSPS) is 10.5. The topological polar surface area (TPSA) is 77.2 Å². The summed E-state index contributed by atoms with van der Waals surface area (Å²) in [7, 11) is 1.56. The molecule has 0 aliphatic rings. The number of nitrogens with one attached hydrogen (secondary N) is 1. The minimum absolute atomic E-state index is 0.236. The third kappa shape index (κ3) is 4.06. The molecule has 0 atom stereocenters. The Morgan fingerprint density at radius 3 is 2.80 bits per heavy atom. The molecule has 3 aromatic rings. The fourth-order valence-electron chi connectivity index (χ4n) is 2.37. The van der Waals surface area contributed by atoms with Gasteiger partial charge in [-0.1, -0.05) is 23.4 Å². The first-order valence-corrected chi connectivity index (χ1v) is 8.38. The van der Waals surface area contributed by atoms with Gasteiger partial charge >= 0.3 is 0 Å². The van der Waals surface area contributed by atoms with Gasteiger partial charge in [-0.05, 0) is 52.7 Å². The first-order valence-electron chi connectivity index (χ1n) is 7.59. The smallest absolute Gasteiger partial charge is 0.256 e. The van der Waals surface area contributed by atoms with Gasteiger partial charge in [-0.2, -0.15) is 4.98 Å². The minimum Gasteiger partial charge on any atom is -0.497 e. The van der Waals surface area contributed by atoms with E-state index in [-0.39, 0.29) is 5.91 Å². The lowest BCUT2D eigenvalue weighted by Gasteiger charge is -2.11. The second-order valence-corrected chi connectivity index (χ2v) is 6.22. The average Bonchev–Trinajstić information content (AvgIpc) is 3.02. The van der Waals surface area contributed by atoms with Crippen LogP contribution >= 0.6 is 15.9 Å². The number of hydrogen-bond donors (Lipinski definition) is 1. The van der Waals surface area contributed by atoms with Crippen molar-refractivity contribution in [2.45, 2.75) is 13.3 Å². The molecule has 2 aromatic carbocycles. The summed E-state index contributed by atoms with van der Waals surface area (Å²) in [6, 6.07) is 12.8. The molecule has 0 bridgehead atoms. The minimum atomic E-state index is -0.236. The molecule has 0 radical (unpaired) electrons. The summed E-state index contributed by atoms with van der Waals surface area (Å²) in [6.45, 7) is 1.76. The van der Waals surface area contributed by atoms with Gasteiger partial charge in [0.25, 0.3) is 5.91 Å². The van der Waals surface area contributed by atoms with Gasteiger partial charge in [-0.25, -0.2) is 0 Å². The summed E-state index contributed by atoms with van der Waals surface area (Å²) >= 11 is 3.40. The Bertz CT molecular complexity index is 908. The maximum atomic E-state index is 12.7. The van der Waals surface area contributed by atoms with Crippen molar-refractivity contribution < 1.29 is 14.1 Å². The quantitative estimate of drug-likeness (QED) is 0.698. The Morgan fingerprint density at radius 1 is 1.28 bits per heavy atom. The van der Waals surface area contributed by atoms with E-state index in [1.807, 2.05) is 24.3 Å². The van der Waals surface area contributed by atoms with Crippen molar-refractivity contribution in [3.05, 3.63) is 69.8 Å². The Balaban J connectivity index is 1.84. The van der Waals surface area contributed by atoms with E-state index in [1.54, 1.807) is 32.2 Å². The fraction of sp³-hybridized carbons (Fsp3) is 0.167. The number of amides is 1. The van der Waals surface area contributed by atoms with E-state index in [1.165, 1.54) is 0 Å². The standard InChI is InChI=1S/C18H16BrN3O3/c1-11-20-17(25-22-11)9-12-5-3-4-6-16(12)21-18(23)14-10-13(24-2)7-8-15(14)19/h3-8,10H,9H2,1-2H3,(H,21,23). The summed E-state index contributed by atoms with van der Waals surface area (Å²) in [6.07, 6.45) is 0.441. The Labute approximate surface area is 153 Å². The summed E-state index contributed by atoms with van der Waals surface area (Å²) in [5, 5.41) is 6.72. The number of benzene rings is 2. The zero-order chi connectivity index (χ0) is 17.8. The van der Waals surface area contributed by atoms with Gasteiger partial charge in [0.15, 0.2) is 5.82 Å². The van der Waals surface area contributed by atoms with E-state index < -0.39 is 0 Å². The van der Waals surface area contributed by atoms with Crippen molar-refractivity contribution in [1.82, 2.24) is 10.1 Å². The molecule has 0 unspecified atom stereocenters. The molecule has 7 heteroatoms. The molecule has 0 aliphatic heterocycles. The molecular weight excluding hydrogens is 386 g/mol. The number of rotatable bonds is 5. The van der Waals surface area contributed by atoms with Crippen molar-refractivity contribution >= 4 is 27.5 Å². The van der Waals surface area contributed by atoms with Crippen LogP contribution in [0.3, 0.4) is 0 Å². The highest BCUT2D eigenvalue weighted by Gasteiger charge is 2.14. The number of carbonyl (C=O) groups is 1. The molecule has 1 aromatic heterocycles. The molecule has 1 heterocycles. The molecule has 0 spiro atoms. The predicted octanol–water partition coefficient (Wildman–Crippen LogP) is 3.99. The highest BCUT2D eigenvalue weighted by Crippen LogP contribution is 2.25. The highest BCUT2D eigenvalue weighted by molar-refractivity contribution is 9.10. The second-order valence-electron chi connectivity index (χ2n) is 5.37. The summed E-state index contributed by atoms with van der Waals surface area (Å²) in [4.78, 5) is 16.9. The van der Waals surface area contributed by atoms with Gasteiger partial charge in [-0.3, -0.25) is 4.79 Å². The molecule has 6 nitrogen and oxygen atoms in total. The van der Waals surface area contributed by atoms with E-state index in [2.05, 4.69) is 31.4 Å². The average molecular weight is 402 g/mol. The lowest BCUT2D eigenvalue weighted by molar-refractivity contribution is 0.102. The van der Waals surface area contributed by atoms with Gasteiger partial charge in [0, 0.05) is 10.2 Å². The Kier molecular flexibility index (Phi) is 5.14. The fourth-order valence-corrected chi connectivity index (χ4v) is 2.79. The van der Waals surface area contributed by atoms with Crippen molar-refractivity contribution in [3.63, 3.8) is 0 Å². The Morgan fingerprint density at radius 2 is 2.08 bits per heavy atom. The van der Waals surface area contributed by atoms with E-state index in [9.17, 15) is 4.79 Å². The molecule has 25 heavy (non-hydrogen) atoms. The third-order valence-electron chi connectivity index (χ3n) is 3.60. The lowest BCUT2D eigenvalue weighted by Crippen LogP contribution is -2.14. The van der Waals surface area contributed by atoms with Gasteiger partial charge in [0.2, 0.25) is 5.89 Å². The third-order valence-corrected chi connectivity index (χ3v) is 4.29. The lowest BCUT2D eigenvalue weighted by atomic mass is 10.1. The molecular formula is C18H16BrN3O3. The number of hydrogen-bond acceptors (Lipinski definition) is 5. The maximum Gasteiger partial charge on any atom is 0.256 e. The van der Waals surface area contributed by atoms with Crippen molar-refractivity contribution in [3.8, 4) is 5.75 Å².